The van der Waals surface area contributed by atoms with E-state index in [9.17, 15) is 8.42 Å². The summed E-state index contributed by atoms with van der Waals surface area (Å²) in [6.45, 7) is 1.19. The van der Waals surface area contributed by atoms with Crippen LogP contribution in [0.5, 0.6) is 0 Å². The van der Waals surface area contributed by atoms with Crippen molar-refractivity contribution in [3.63, 3.8) is 0 Å². The van der Waals surface area contributed by atoms with Gasteiger partial charge in [-0.3, -0.25) is 0 Å². The van der Waals surface area contributed by atoms with E-state index in [-0.39, 0.29) is 4.90 Å². The molecule has 0 bridgehead atoms. The van der Waals surface area contributed by atoms with Crippen LogP contribution in [-0.2, 0) is 10.0 Å². The van der Waals surface area contributed by atoms with Gasteiger partial charge < -0.3 is 5.32 Å². The first-order chi connectivity index (χ1) is 9.05. The van der Waals surface area contributed by atoms with Gasteiger partial charge in [-0.05, 0) is 34.8 Å². The van der Waals surface area contributed by atoms with Gasteiger partial charge in [0, 0.05) is 30.8 Å². The van der Waals surface area contributed by atoms with Crippen molar-refractivity contribution < 1.29 is 8.42 Å². The lowest BCUT2D eigenvalue weighted by Crippen LogP contribution is -2.32. The Hall–Kier alpha value is -0.660. The molecule has 1 aromatic rings. The van der Waals surface area contributed by atoms with Crippen LogP contribution in [0.15, 0.2) is 21.6 Å². The van der Waals surface area contributed by atoms with Crippen molar-refractivity contribution in [2.45, 2.75) is 30.6 Å². The maximum absolute atomic E-state index is 12.7. The fourth-order valence-corrected chi connectivity index (χ4v) is 4.40. The van der Waals surface area contributed by atoms with Gasteiger partial charge in [-0.1, -0.05) is 12.8 Å². The largest absolute Gasteiger partial charge is 0.372 e. The molecule has 1 fully saturated rings. The van der Waals surface area contributed by atoms with E-state index in [1.807, 2.05) is 0 Å². The molecule has 1 aliphatic rings. The van der Waals surface area contributed by atoms with Crippen LogP contribution in [0, 0.1) is 0 Å². The lowest BCUT2D eigenvalue weighted by Gasteiger charge is -2.21. The number of hydrogen-bond acceptors (Lipinski definition) is 4. The summed E-state index contributed by atoms with van der Waals surface area (Å²) < 4.78 is 27.6. The number of anilines is 1. The van der Waals surface area contributed by atoms with Crippen molar-refractivity contribution in [3.05, 3.63) is 16.7 Å². The smallest absolute Gasteiger partial charge is 0.246 e. The third kappa shape index (κ3) is 3.27. The van der Waals surface area contributed by atoms with E-state index in [2.05, 4.69) is 26.2 Å². The molecule has 1 saturated heterocycles. The van der Waals surface area contributed by atoms with Gasteiger partial charge in [0.1, 0.15) is 10.7 Å². The number of hydrogen-bond donors (Lipinski definition) is 1. The molecule has 1 aromatic heterocycles. The maximum Gasteiger partial charge on any atom is 0.246 e. The van der Waals surface area contributed by atoms with E-state index >= 15 is 0 Å². The number of rotatable bonds is 3. The van der Waals surface area contributed by atoms with Crippen molar-refractivity contribution >= 4 is 31.8 Å². The van der Waals surface area contributed by atoms with Gasteiger partial charge in [-0.25, -0.2) is 13.4 Å². The van der Waals surface area contributed by atoms with Crippen molar-refractivity contribution in [2.75, 3.05) is 25.5 Å². The second-order valence-electron chi connectivity index (χ2n) is 4.57. The van der Waals surface area contributed by atoms with Crippen molar-refractivity contribution in [1.82, 2.24) is 9.29 Å². The summed E-state index contributed by atoms with van der Waals surface area (Å²) in [5.41, 5.74) is 0. The van der Waals surface area contributed by atoms with E-state index in [0.717, 1.165) is 25.7 Å². The Balaban J connectivity index is 2.40. The summed E-state index contributed by atoms with van der Waals surface area (Å²) >= 11 is 3.28. The molecule has 0 atom stereocenters. The van der Waals surface area contributed by atoms with Crippen LogP contribution >= 0.6 is 15.9 Å². The second-order valence-corrected chi connectivity index (χ2v) is 7.39. The highest BCUT2D eigenvalue weighted by molar-refractivity contribution is 9.10. The van der Waals surface area contributed by atoms with Crippen LogP contribution in [0.4, 0.5) is 5.82 Å². The molecule has 0 spiro atoms. The third-order valence-corrected chi connectivity index (χ3v) is 5.58. The van der Waals surface area contributed by atoms with E-state index in [4.69, 9.17) is 0 Å². The fraction of sp³-hybridized carbons (Fsp3) is 0.583. The Morgan fingerprint density at radius 2 is 1.89 bits per heavy atom. The third-order valence-electron chi connectivity index (χ3n) is 3.24. The SMILES string of the molecule is CNc1ncc(Br)cc1S(=O)(=O)N1CCCCCC1. The van der Waals surface area contributed by atoms with E-state index in [1.54, 1.807) is 23.6 Å². The van der Waals surface area contributed by atoms with E-state index in [1.165, 1.54) is 0 Å². The van der Waals surface area contributed by atoms with Gasteiger partial charge >= 0.3 is 0 Å². The maximum atomic E-state index is 12.7. The molecule has 7 heteroatoms. The van der Waals surface area contributed by atoms with Gasteiger partial charge in [0.2, 0.25) is 10.0 Å². The lowest BCUT2D eigenvalue weighted by atomic mass is 10.2. The number of nitrogens with one attached hydrogen (secondary N) is 1. The van der Waals surface area contributed by atoms with Crippen LogP contribution in [-0.4, -0.2) is 37.8 Å². The average molecular weight is 348 g/mol. The van der Waals surface area contributed by atoms with Crippen LogP contribution in [0.1, 0.15) is 25.7 Å². The number of halogens is 1. The van der Waals surface area contributed by atoms with Crippen LogP contribution in [0.2, 0.25) is 0 Å². The quantitative estimate of drug-likeness (QED) is 0.912. The van der Waals surface area contributed by atoms with Gasteiger partial charge in [-0.2, -0.15) is 4.31 Å². The van der Waals surface area contributed by atoms with Gasteiger partial charge in [0.05, 0.1) is 0 Å². The van der Waals surface area contributed by atoms with E-state index in [0.29, 0.717) is 23.4 Å². The summed E-state index contributed by atoms with van der Waals surface area (Å²) in [5, 5.41) is 2.85. The first-order valence-corrected chi connectivity index (χ1v) is 8.62. The van der Waals surface area contributed by atoms with Crippen LogP contribution in [0.3, 0.4) is 0 Å². The Kier molecular flexibility index (Phi) is 4.81. The molecule has 5 nitrogen and oxygen atoms in total. The molecule has 106 valence electrons. The van der Waals surface area contributed by atoms with Crippen LogP contribution < -0.4 is 5.32 Å². The molecule has 2 rings (SSSR count). The first kappa shape index (κ1) is 14.7. The normalized spacial score (nSPS) is 18.0. The number of sulfonamides is 1. The Morgan fingerprint density at radius 3 is 2.47 bits per heavy atom. The number of nitrogens with zero attached hydrogens (tertiary/aromatic N) is 2. The molecule has 1 aliphatic heterocycles. The van der Waals surface area contributed by atoms with Crippen molar-refractivity contribution in [3.8, 4) is 0 Å². The molecule has 0 aromatic carbocycles. The standard InChI is InChI=1S/C12H18BrN3O2S/c1-14-12-11(8-10(13)9-15-12)19(17,18)16-6-4-2-3-5-7-16/h8-9H,2-7H2,1H3,(H,14,15). The zero-order chi connectivity index (χ0) is 13.9. The minimum absolute atomic E-state index is 0.242. The summed E-state index contributed by atoms with van der Waals surface area (Å²) in [6, 6.07) is 1.61. The minimum Gasteiger partial charge on any atom is -0.372 e. The molecule has 0 unspecified atom stereocenters. The topological polar surface area (TPSA) is 62.3 Å². The molecule has 19 heavy (non-hydrogen) atoms. The highest BCUT2D eigenvalue weighted by Gasteiger charge is 2.28. The van der Waals surface area contributed by atoms with Gasteiger partial charge in [0.25, 0.3) is 0 Å². The number of aromatic nitrogens is 1. The van der Waals surface area contributed by atoms with Gasteiger partial charge in [0.15, 0.2) is 0 Å². The molecular formula is C12H18BrN3O2S. The minimum atomic E-state index is -3.47. The van der Waals surface area contributed by atoms with Crippen molar-refractivity contribution in [2.24, 2.45) is 0 Å². The monoisotopic (exact) mass is 347 g/mol. The van der Waals surface area contributed by atoms with Gasteiger partial charge in [-0.15, -0.1) is 0 Å². The average Bonchev–Trinajstić information content (AvgIpc) is 2.68. The molecule has 0 aliphatic carbocycles. The Morgan fingerprint density at radius 1 is 1.26 bits per heavy atom. The zero-order valence-corrected chi connectivity index (χ0v) is 13.3. The highest BCUT2D eigenvalue weighted by atomic mass is 79.9. The predicted molar refractivity (Wildman–Crippen MR) is 78.7 cm³/mol. The van der Waals surface area contributed by atoms with Crippen molar-refractivity contribution in [1.29, 1.82) is 0 Å². The molecular weight excluding hydrogens is 330 g/mol. The number of pyridine rings is 1. The Labute approximate surface area is 122 Å². The molecule has 1 N–H and O–H groups in total. The fourth-order valence-electron chi connectivity index (χ4n) is 2.23. The van der Waals surface area contributed by atoms with Crippen LogP contribution in [0.25, 0.3) is 0 Å². The molecule has 0 radical (unpaired) electrons. The summed E-state index contributed by atoms with van der Waals surface area (Å²) in [5.74, 6) is 0.396. The highest BCUT2D eigenvalue weighted by Crippen LogP contribution is 2.27. The Bertz CT molecular complexity index is 540. The molecule has 2 heterocycles. The summed E-state index contributed by atoms with van der Waals surface area (Å²) in [7, 11) is -1.79. The summed E-state index contributed by atoms with van der Waals surface area (Å²) in [4.78, 5) is 4.36. The zero-order valence-electron chi connectivity index (χ0n) is 10.9. The van der Waals surface area contributed by atoms with E-state index < -0.39 is 10.0 Å². The predicted octanol–water partition coefficient (Wildman–Crippen LogP) is 2.45. The lowest BCUT2D eigenvalue weighted by molar-refractivity contribution is 0.424. The molecule has 0 saturated carbocycles. The first-order valence-electron chi connectivity index (χ1n) is 6.39. The summed E-state index contributed by atoms with van der Waals surface area (Å²) in [6.07, 6.45) is 5.64. The molecule has 0 amide bonds. The second kappa shape index (κ2) is 6.19.